The molecule has 0 saturated carbocycles. The van der Waals surface area contributed by atoms with Gasteiger partial charge in [-0.15, -0.1) is 0 Å². The highest BCUT2D eigenvalue weighted by atomic mass is 14.8. The average molecular weight is 160 g/mol. The summed E-state index contributed by atoms with van der Waals surface area (Å²) in [5.41, 5.74) is 3.48. The summed E-state index contributed by atoms with van der Waals surface area (Å²) in [6, 6.07) is 4.14. The Bertz CT molecular complexity index is 298. The van der Waals surface area contributed by atoms with E-state index in [4.69, 9.17) is 0 Å². The van der Waals surface area contributed by atoms with Crippen molar-refractivity contribution in [3.63, 3.8) is 0 Å². The van der Waals surface area contributed by atoms with E-state index < -0.39 is 0 Å². The maximum absolute atomic E-state index is 4.41. The summed E-state index contributed by atoms with van der Waals surface area (Å²) in [6.07, 6.45) is 4.23. The van der Waals surface area contributed by atoms with Crippen LogP contribution in [0, 0.1) is 6.92 Å². The zero-order valence-electron chi connectivity index (χ0n) is 7.25. The highest BCUT2D eigenvalue weighted by molar-refractivity contribution is 6.01. The number of nitrogens with zero attached hydrogens (tertiary/aromatic N) is 2. The van der Waals surface area contributed by atoms with Gasteiger partial charge in [-0.25, -0.2) is 0 Å². The highest BCUT2D eigenvalue weighted by Gasteiger charge is 2.07. The fourth-order valence-corrected chi connectivity index (χ4v) is 1.41. The van der Waals surface area contributed by atoms with Crippen molar-refractivity contribution in [2.45, 2.75) is 19.8 Å². The van der Waals surface area contributed by atoms with Crippen molar-refractivity contribution in [3.8, 4) is 0 Å². The van der Waals surface area contributed by atoms with E-state index in [9.17, 15) is 0 Å². The van der Waals surface area contributed by atoms with Crippen LogP contribution in [0.4, 0.5) is 0 Å². The number of rotatable bonds is 1. The third kappa shape index (κ3) is 1.37. The van der Waals surface area contributed by atoms with Gasteiger partial charge in [0.2, 0.25) is 0 Å². The van der Waals surface area contributed by atoms with E-state index in [2.05, 4.69) is 16.0 Å². The topological polar surface area (TPSA) is 25.2 Å². The molecule has 12 heavy (non-hydrogen) atoms. The zero-order chi connectivity index (χ0) is 8.39. The summed E-state index contributed by atoms with van der Waals surface area (Å²) < 4.78 is 0. The number of aromatic nitrogens is 1. The zero-order valence-corrected chi connectivity index (χ0v) is 7.25. The molecule has 62 valence electrons. The second-order valence-electron chi connectivity index (χ2n) is 3.12. The van der Waals surface area contributed by atoms with Crippen molar-refractivity contribution in [2.75, 3.05) is 6.54 Å². The van der Waals surface area contributed by atoms with Crippen molar-refractivity contribution < 1.29 is 0 Å². The van der Waals surface area contributed by atoms with E-state index in [1.165, 1.54) is 17.7 Å². The minimum Gasteiger partial charge on any atom is -0.289 e. The quantitative estimate of drug-likeness (QED) is 0.616. The molecule has 0 saturated heterocycles. The van der Waals surface area contributed by atoms with E-state index in [0.717, 1.165) is 18.7 Å². The first kappa shape index (κ1) is 7.47. The Morgan fingerprint density at radius 3 is 2.83 bits per heavy atom. The molecule has 0 N–H and O–H groups in total. The fourth-order valence-electron chi connectivity index (χ4n) is 1.41. The smallest absolute Gasteiger partial charge is 0.0436 e. The molecular formula is C10H12N2. The summed E-state index contributed by atoms with van der Waals surface area (Å²) in [5, 5.41) is 0. The summed E-state index contributed by atoms with van der Waals surface area (Å²) in [4.78, 5) is 8.66. The Labute approximate surface area is 72.4 Å². The van der Waals surface area contributed by atoms with Crippen molar-refractivity contribution in [2.24, 2.45) is 4.99 Å². The molecular weight excluding hydrogens is 148 g/mol. The van der Waals surface area contributed by atoms with Gasteiger partial charge in [0.25, 0.3) is 0 Å². The third-order valence-electron chi connectivity index (χ3n) is 2.12. The van der Waals surface area contributed by atoms with Crippen molar-refractivity contribution in [3.05, 3.63) is 29.6 Å². The molecule has 0 spiro atoms. The molecule has 2 heteroatoms. The molecule has 0 amide bonds. The molecule has 2 rings (SSSR count). The largest absolute Gasteiger partial charge is 0.289 e. The first-order valence-corrected chi connectivity index (χ1v) is 4.32. The lowest BCUT2D eigenvalue weighted by molar-refractivity contribution is 0.951. The average Bonchev–Trinajstić information content (AvgIpc) is 2.58. The number of aryl methyl sites for hydroxylation is 1. The van der Waals surface area contributed by atoms with Crippen LogP contribution in [0.3, 0.4) is 0 Å². The van der Waals surface area contributed by atoms with Crippen LogP contribution in [0.1, 0.15) is 24.1 Å². The molecule has 2 nitrogen and oxygen atoms in total. The number of pyridine rings is 1. The monoisotopic (exact) mass is 160 g/mol. The molecule has 0 fully saturated rings. The van der Waals surface area contributed by atoms with Crippen LogP contribution in [-0.4, -0.2) is 17.2 Å². The Morgan fingerprint density at radius 1 is 1.33 bits per heavy atom. The van der Waals surface area contributed by atoms with Crippen molar-refractivity contribution >= 4 is 5.71 Å². The summed E-state index contributed by atoms with van der Waals surface area (Å²) in [7, 11) is 0. The highest BCUT2D eigenvalue weighted by Crippen LogP contribution is 2.11. The van der Waals surface area contributed by atoms with E-state index in [-0.39, 0.29) is 0 Å². The maximum Gasteiger partial charge on any atom is 0.0436 e. The van der Waals surface area contributed by atoms with E-state index in [0.29, 0.717) is 0 Å². The number of hydrogen-bond acceptors (Lipinski definition) is 2. The van der Waals surface area contributed by atoms with Gasteiger partial charge in [-0.3, -0.25) is 9.98 Å². The Hall–Kier alpha value is -1.18. The summed E-state index contributed by atoms with van der Waals surface area (Å²) >= 11 is 0. The minimum atomic E-state index is 0.989. The molecule has 1 aromatic heterocycles. The van der Waals surface area contributed by atoms with Crippen LogP contribution in [-0.2, 0) is 0 Å². The second-order valence-corrected chi connectivity index (χ2v) is 3.12. The van der Waals surface area contributed by atoms with Crippen LogP contribution >= 0.6 is 0 Å². The first-order chi connectivity index (χ1) is 5.86. The molecule has 1 aliphatic heterocycles. The van der Waals surface area contributed by atoms with Gasteiger partial charge in [-0.1, -0.05) is 0 Å². The lowest BCUT2D eigenvalue weighted by atomic mass is 10.1. The number of aliphatic imine (C=N–C) groups is 1. The van der Waals surface area contributed by atoms with Crippen molar-refractivity contribution in [1.82, 2.24) is 4.98 Å². The Kier molecular flexibility index (Phi) is 1.90. The van der Waals surface area contributed by atoms with Crippen LogP contribution in [0.2, 0.25) is 0 Å². The second kappa shape index (κ2) is 3.05. The molecule has 0 radical (unpaired) electrons. The van der Waals surface area contributed by atoms with Gasteiger partial charge in [0.15, 0.2) is 0 Å². The van der Waals surface area contributed by atoms with Crippen molar-refractivity contribution in [1.29, 1.82) is 0 Å². The predicted octanol–water partition coefficient (Wildman–Crippen LogP) is 1.97. The van der Waals surface area contributed by atoms with E-state index in [1.807, 2.05) is 19.2 Å². The first-order valence-electron chi connectivity index (χ1n) is 4.32. The lowest BCUT2D eigenvalue weighted by Crippen LogP contribution is -1.96. The maximum atomic E-state index is 4.41. The van der Waals surface area contributed by atoms with Crippen LogP contribution in [0.5, 0.6) is 0 Å². The third-order valence-corrected chi connectivity index (χ3v) is 2.12. The van der Waals surface area contributed by atoms with E-state index in [1.54, 1.807) is 0 Å². The molecule has 0 bridgehead atoms. The molecule has 0 unspecified atom stereocenters. The van der Waals surface area contributed by atoms with Crippen LogP contribution in [0.15, 0.2) is 23.3 Å². The normalized spacial score (nSPS) is 16.2. The van der Waals surface area contributed by atoms with Gasteiger partial charge in [0.05, 0.1) is 0 Å². The molecule has 1 aromatic rings. The van der Waals surface area contributed by atoms with Gasteiger partial charge in [-0.05, 0) is 31.9 Å². The summed E-state index contributed by atoms with van der Waals surface area (Å²) in [6.45, 7) is 2.99. The SMILES string of the molecule is Cc1ccc(C2=NCCC2)cn1. The fraction of sp³-hybridized carbons (Fsp3) is 0.400. The lowest BCUT2D eigenvalue weighted by Gasteiger charge is -1.98. The van der Waals surface area contributed by atoms with Gasteiger partial charge >= 0.3 is 0 Å². The Balaban J connectivity index is 2.28. The predicted molar refractivity (Wildman–Crippen MR) is 49.6 cm³/mol. The molecule has 0 atom stereocenters. The van der Waals surface area contributed by atoms with Crippen LogP contribution < -0.4 is 0 Å². The van der Waals surface area contributed by atoms with Gasteiger partial charge < -0.3 is 0 Å². The van der Waals surface area contributed by atoms with Crippen LogP contribution in [0.25, 0.3) is 0 Å². The van der Waals surface area contributed by atoms with Gasteiger partial charge in [-0.2, -0.15) is 0 Å². The standard InChI is InChI=1S/C10H12N2/c1-8-4-5-9(7-12-8)10-3-2-6-11-10/h4-5,7H,2-3,6H2,1H3. The molecule has 2 heterocycles. The van der Waals surface area contributed by atoms with Gasteiger partial charge in [0, 0.05) is 29.7 Å². The summed E-state index contributed by atoms with van der Waals surface area (Å²) in [5.74, 6) is 0. The van der Waals surface area contributed by atoms with Gasteiger partial charge in [0.1, 0.15) is 0 Å². The molecule has 0 aromatic carbocycles. The molecule has 1 aliphatic rings. The van der Waals surface area contributed by atoms with E-state index >= 15 is 0 Å². The number of hydrogen-bond donors (Lipinski definition) is 0. The Morgan fingerprint density at radius 2 is 2.25 bits per heavy atom. The molecule has 0 aliphatic carbocycles. The minimum absolute atomic E-state index is 0.989.